The van der Waals surface area contributed by atoms with Crippen molar-refractivity contribution in [3.8, 4) is 0 Å². The second-order valence-corrected chi connectivity index (χ2v) is 9.70. The Bertz CT molecular complexity index is 674. The number of allylic oxidation sites excluding steroid dienone is 2. The molecule has 0 amide bonds. The summed E-state index contributed by atoms with van der Waals surface area (Å²) in [6, 6.07) is 0. The Morgan fingerprint density at radius 3 is 2.81 bits per heavy atom. The molecule has 1 spiro atoms. The van der Waals surface area contributed by atoms with Crippen molar-refractivity contribution in [2.75, 3.05) is 6.61 Å². The van der Waals surface area contributed by atoms with Crippen LogP contribution in [0.2, 0.25) is 0 Å². The van der Waals surface area contributed by atoms with Crippen molar-refractivity contribution in [2.45, 2.75) is 83.7 Å². The van der Waals surface area contributed by atoms with Crippen LogP contribution in [-0.2, 0) is 9.53 Å². The minimum absolute atomic E-state index is 0.0346. The summed E-state index contributed by atoms with van der Waals surface area (Å²) in [6.45, 7) is 5.62. The fourth-order valence-corrected chi connectivity index (χ4v) is 8.21. The molecule has 0 saturated heterocycles. The highest BCUT2D eigenvalue weighted by molar-refractivity contribution is 5.82. The number of ketones is 1. The zero-order valence-electron chi connectivity index (χ0n) is 16.6. The molecule has 1 heterocycles. The minimum Gasteiger partial charge on any atom is -0.366 e. The summed E-state index contributed by atoms with van der Waals surface area (Å²) in [5.74, 6) is 3.67. The highest BCUT2D eigenvalue weighted by Crippen LogP contribution is 2.68. The van der Waals surface area contributed by atoms with Crippen LogP contribution in [0, 0.1) is 29.1 Å². The van der Waals surface area contributed by atoms with Gasteiger partial charge in [0.1, 0.15) is 5.78 Å². The first-order chi connectivity index (χ1) is 12.6. The van der Waals surface area contributed by atoms with E-state index < -0.39 is 0 Å². The molecule has 5 rings (SSSR count). The van der Waals surface area contributed by atoms with Crippen LogP contribution in [0.3, 0.4) is 0 Å². The van der Waals surface area contributed by atoms with Crippen molar-refractivity contribution in [3.05, 3.63) is 23.3 Å². The molecule has 2 heteroatoms. The maximum atomic E-state index is 12.1. The number of carbonyl (C=O) groups excluding carboxylic acids is 1. The molecule has 1 aliphatic heterocycles. The molecule has 0 aromatic rings. The van der Waals surface area contributed by atoms with Gasteiger partial charge in [-0.2, -0.15) is 0 Å². The van der Waals surface area contributed by atoms with E-state index in [0.717, 1.165) is 49.5 Å². The molecule has 2 saturated carbocycles. The molecule has 2 nitrogen and oxygen atoms in total. The van der Waals surface area contributed by atoms with Crippen LogP contribution < -0.4 is 0 Å². The van der Waals surface area contributed by atoms with Crippen LogP contribution >= 0.6 is 0 Å². The van der Waals surface area contributed by atoms with Crippen molar-refractivity contribution in [3.63, 3.8) is 0 Å². The summed E-state index contributed by atoms with van der Waals surface area (Å²) in [5, 5.41) is 0. The number of fused-ring (bicyclic) bond motifs is 5. The van der Waals surface area contributed by atoms with E-state index in [2.05, 4.69) is 26.0 Å². The minimum atomic E-state index is 0.0346. The summed E-state index contributed by atoms with van der Waals surface area (Å²) in [6.07, 6.45) is 16.3. The second kappa shape index (κ2) is 6.06. The van der Waals surface area contributed by atoms with Gasteiger partial charge in [-0.1, -0.05) is 43.6 Å². The summed E-state index contributed by atoms with van der Waals surface area (Å²) in [5.41, 5.74) is 3.68. The monoisotopic (exact) mass is 354 g/mol. The lowest BCUT2D eigenvalue weighted by Crippen LogP contribution is -2.54. The first-order valence-corrected chi connectivity index (χ1v) is 11.2. The summed E-state index contributed by atoms with van der Waals surface area (Å²) < 4.78 is 6.47. The van der Waals surface area contributed by atoms with Crippen molar-refractivity contribution < 1.29 is 9.53 Å². The van der Waals surface area contributed by atoms with Gasteiger partial charge in [-0.15, -0.1) is 0 Å². The van der Waals surface area contributed by atoms with Gasteiger partial charge in [0, 0.05) is 18.3 Å². The van der Waals surface area contributed by atoms with E-state index in [0.29, 0.717) is 11.2 Å². The molecular formula is C24H34O2. The second-order valence-electron chi connectivity index (χ2n) is 9.70. The van der Waals surface area contributed by atoms with Gasteiger partial charge in [0.25, 0.3) is 0 Å². The lowest BCUT2D eigenvalue weighted by Gasteiger charge is -2.57. The van der Waals surface area contributed by atoms with Gasteiger partial charge in [0.2, 0.25) is 0 Å². The van der Waals surface area contributed by atoms with Gasteiger partial charge >= 0.3 is 0 Å². The Morgan fingerprint density at radius 2 is 2.08 bits per heavy atom. The molecule has 5 aliphatic rings. The van der Waals surface area contributed by atoms with Gasteiger partial charge in [0.05, 0.1) is 12.2 Å². The summed E-state index contributed by atoms with van der Waals surface area (Å²) in [7, 11) is 0. The maximum Gasteiger partial charge on any atom is 0.137 e. The van der Waals surface area contributed by atoms with E-state index in [-0.39, 0.29) is 5.60 Å². The van der Waals surface area contributed by atoms with Gasteiger partial charge in [-0.25, -0.2) is 0 Å². The Hall–Kier alpha value is -0.890. The third-order valence-electron chi connectivity index (χ3n) is 9.23. The van der Waals surface area contributed by atoms with Crippen molar-refractivity contribution >= 4 is 5.78 Å². The van der Waals surface area contributed by atoms with Crippen LogP contribution in [-0.4, -0.2) is 18.0 Å². The lowest BCUT2D eigenvalue weighted by atomic mass is 9.48. The Labute approximate surface area is 158 Å². The maximum absolute atomic E-state index is 12.1. The number of carbonyl (C=O) groups is 1. The first-order valence-electron chi connectivity index (χ1n) is 11.2. The van der Waals surface area contributed by atoms with E-state index in [1.54, 1.807) is 11.1 Å². The Morgan fingerprint density at radius 1 is 1.19 bits per heavy atom. The zero-order chi connectivity index (χ0) is 17.9. The number of hydrogen-bond donors (Lipinski definition) is 0. The average molecular weight is 355 g/mol. The fraction of sp³-hybridized carbons (Fsp3) is 0.792. The predicted molar refractivity (Wildman–Crippen MR) is 104 cm³/mol. The van der Waals surface area contributed by atoms with Gasteiger partial charge in [0.15, 0.2) is 0 Å². The molecule has 0 bridgehead atoms. The third-order valence-corrected chi connectivity index (χ3v) is 9.23. The molecule has 26 heavy (non-hydrogen) atoms. The normalized spacial score (nSPS) is 47.2. The molecule has 0 N–H and O–H groups in total. The van der Waals surface area contributed by atoms with Crippen LogP contribution in [0.5, 0.6) is 0 Å². The largest absolute Gasteiger partial charge is 0.366 e. The molecule has 6 atom stereocenters. The van der Waals surface area contributed by atoms with Crippen molar-refractivity contribution in [1.29, 1.82) is 0 Å². The quantitative estimate of drug-likeness (QED) is 0.601. The van der Waals surface area contributed by atoms with E-state index in [9.17, 15) is 4.79 Å². The summed E-state index contributed by atoms with van der Waals surface area (Å²) in [4.78, 5) is 12.1. The first kappa shape index (κ1) is 17.2. The average Bonchev–Trinajstić information content (AvgIpc) is 3.27. The number of hydrogen-bond acceptors (Lipinski definition) is 2. The molecule has 0 radical (unpaired) electrons. The third kappa shape index (κ3) is 2.11. The number of Topliss-reactive ketones (excluding diaryl/α,β-unsaturated/α-hetero) is 1. The van der Waals surface area contributed by atoms with Crippen LogP contribution in [0.25, 0.3) is 0 Å². The van der Waals surface area contributed by atoms with E-state index in [4.69, 9.17) is 4.74 Å². The zero-order valence-corrected chi connectivity index (χ0v) is 16.6. The molecular weight excluding hydrogens is 320 g/mol. The van der Waals surface area contributed by atoms with E-state index in [1.807, 2.05) is 0 Å². The Balaban J connectivity index is 1.55. The molecule has 2 fully saturated rings. The van der Waals surface area contributed by atoms with Gasteiger partial charge < -0.3 is 4.74 Å². The Kier molecular flexibility index (Phi) is 4.01. The van der Waals surface area contributed by atoms with Crippen LogP contribution in [0.1, 0.15) is 78.1 Å². The van der Waals surface area contributed by atoms with E-state index >= 15 is 0 Å². The summed E-state index contributed by atoms with van der Waals surface area (Å²) >= 11 is 0. The molecule has 0 aromatic carbocycles. The number of ether oxygens (including phenoxy) is 1. The predicted octanol–water partition coefficient (Wildman–Crippen LogP) is 5.62. The fourth-order valence-electron chi connectivity index (χ4n) is 8.21. The highest BCUT2D eigenvalue weighted by atomic mass is 16.5. The van der Waals surface area contributed by atoms with E-state index in [1.165, 1.54) is 44.9 Å². The molecule has 4 unspecified atom stereocenters. The van der Waals surface area contributed by atoms with Crippen LogP contribution in [0.15, 0.2) is 23.3 Å². The lowest BCUT2D eigenvalue weighted by molar-refractivity contribution is -0.123. The highest BCUT2D eigenvalue weighted by Gasteiger charge is 2.65. The van der Waals surface area contributed by atoms with Crippen molar-refractivity contribution in [1.82, 2.24) is 0 Å². The molecule has 142 valence electrons. The smallest absolute Gasteiger partial charge is 0.137 e. The van der Waals surface area contributed by atoms with Gasteiger partial charge in [-0.05, 0) is 68.6 Å². The SMILES string of the molecule is CCC1CC2=C(CCC(=O)C2)C2CC[C@@]3(CC)C(CC[C@@]34C=CCO4)C12. The standard InChI is InChI=1S/C24H34O2/c1-3-16-14-17-15-18(25)6-7-19(17)20-8-11-23(4-2)21(22(16)20)9-12-24(23)10-5-13-26-24/h5,10,16,20-22H,3-4,6-9,11-15H2,1-2H3/t16?,20?,21?,22?,23-,24-/m0/s1. The number of rotatable bonds is 2. The topological polar surface area (TPSA) is 26.3 Å². The van der Waals surface area contributed by atoms with Gasteiger partial charge in [-0.3, -0.25) is 4.79 Å². The molecule has 0 aromatic heterocycles. The van der Waals surface area contributed by atoms with Crippen LogP contribution in [0.4, 0.5) is 0 Å². The van der Waals surface area contributed by atoms with Crippen molar-refractivity contribution in [2.24, 2.45) is 29.1 Å². The molecule has 4 aliphatic carbocycles.